The van der Waals surface area contributed by atoms with Crippen LogP contribution >= 0.6 is 11.6 Å². The molecule has 20 heavy (non-hydrogen) atoms. The molecule has 2 rings (SSSR count). The minimum Gasteiger partial charge on any atom is -0.345 e. The average molecular weight is 295 g/mol. The summed E-state index contributed by atoms with van der Waals surface area (Å²) in [5.74, 6) is 0.0743. The summed E-state index contributed by atoms with van der Waals surface area (Å²) in [6.45, 7) is 0.173. The van der Waals surface area contributed by atoms with Crippen molar-refractivity contribution in [2.45, 2.75) is 6.54 Å². The van der Waals surface area contributed by atoms with Gasteiger partial charge in [-0.05, 0) is 12.1 Å². The van der Waals surface area contributed by atoms with Crippen LogP contribution in [0.5, 0.6) is 0 Å². The Morgan fingerprint density at radius 2 is 2.30 bits per heavy atom. The van der Waals surface area contributed by atoms with Crippen LogP contribution in [0, 0.1) is 10.1 Å². The predicted octanol–water partition coefficient (Wildman–Crippen LogP) is 1.91. The molecule has 8 heteroatoms. The van der Waals surface area contributed by atoms with E-state index in [0.717, 1.165) is 0 Å². The molecule has 0 saturated heterocycles. The molecule has 1 heterocycles. The number of amides is 1. The molecule has 0 atom stereocenters. The maximum Gasteiger partial charge on any atom is 0.282 e. The van der Waals surface area contributed by atoms with E-state index in [2.05, 4.69) is 10.3 Å². The molecule has 0 spiro atoms. The zero-order valence-electron chi connectivity index (χ0n) is 10.5. The molecule has 0 aliphatic heterocycles. The van der Waals surface area contributed by atoms with Crippen LogP contribution < -0.4 is 5.32 Å². The molecule has 1 N–H and O–H groups in total. The van der Waals surface area contributed by atoms with E-state index in [1.165, 1.54) is 18.2 Å². The number of nitrogens with one attached hydrogen (secondary N) is 1. The second kappa shape index (κ2) is 5.70. The molecule has 7 nitrogen and oxygen atoms in total. The average Bonchev–Trinajstić information content (AvgIpc) is 2.81. The second-order valence-corrected chi connectivity index (χ2v) is 4.49. The van der Waals surface area contributed by atoms with Crippen LogP contribution in [0.4, 0.5) is 5.69 Å². The molecule has 0 unspecified atom stereocenters. The lowest BCUT2D eigenvalue weighted by molar-refractivity contribution is -0.385. The maximum atomic E-state index is 12.0. The van der Waals surface area contributed by atoms with Gasteiger partial charge in [-0.15, -0.1) is 0 Å². The Bertz CT molecular complexity index is 668. The number of benzene rings is 1. The smallest absolute Gasteiger partial charge is 0.282 e. The first-order valence-corrected chi connectivity index (χ1v) is 6.05. The molecule has 2 aromatic rings. The minimum absolute atomic E-state index is 0.0725. The van der Waals surface area contributed by atoms with Gasteiger partial charge in [-0.25, -0.2) is 4.98 Å². The lowest BCUT2D eigenvalue weighted by atomic mass is 10.1. The number of halogens is 1. The van der Waals surface area contributed by atoms with Gasteiger partial charge in [0, 0.05) is 30.5 Å². The van der Waals surface area contributed by atoms with E-state index in [-0.39, 0.29) is 22.8 Å². The molecule has 1 aromatic carbocycles. The Balaban J connectivity index is 2.19. The molecule has 0 bridgehead atoms. The second-order valence-electron chi connectivity index (χ2n) is 4.06. The van der Waals surface area contributed by atoms with E-state index in [9.17, 15) is 14.9 Å². The third kappa shape index (κ3) is 2.94. The van der Waals surface area contributed by atoms with Crippen LogP contribution in [0.2, 0.25) is 5.02 Å². The van der Waals surface area contributed by atoms with Gasteiger partial charge in [-0.1, -0.05) is 11.6 Å². The first kappa shape index (κ1) is 14.0. The van der Waals surface area contributed by atoms with Gasteiger partial charge < -0.3 is 9.88 Å². The van der Waals surface area contributed by atoms with E-state index < -0.39 is 10.8 Å². The van der Waals surface area contributed by atoms with Crippen molar-refractivity contribution in [2.75, 3.05) is 0 Å². The quantitative estimate of drug-likeness (QED) is 0.689. The highest BCUT2D eigenvalue weighted by Crippen LogP contribution is 2.22. The number of aryl methyl sites for hydroxylation is 1. The number of nitrogens with zero attached hydrogens (tertiary/aromatic N) is 3. The van der Waals surface area contributed by atoms with E-state index in [0.29, 0.717) is 5.82 Å². The fraction of sp³-hybridized carbons (Fsp3) is 0.167. The first-order valence-electron chi connectivity index (χ1n) is 5.67. The largest absolute Gasteiger partial charge is 0.345 e. The van der Waals surface area contributed by atoms with Crippen LogP contribution in [-0.4, -0.2) is 20.4 Å². The normalized spacial score (nSPS) is 10.3. The molecule has 104 valence electrons. The van der Waals surface area contributed by atoms with Gasteiger partial charge in [-0.2, -0.15) is 0 Å². The summed E-state index contributed by atoms with van der Waals surface area (Å²) in [4.78, 5) is 26.3. The summed E-state index contributed by atoms with van der Waals surface area (Å²) in [7, 11) is 1.79. The molecule has 0 aliphatic carbocycles. The van der Waals surface area contributed by atoms with Crippen molar-refractivity contribution in [3.63, 3.8) is 0 Å². The highest BCUT2D eigenvalue weighted by molar-refractivity contribution is 6.31. The monoisotopic (exact) mass is 294 g/mol. The molecular weight excluding hydrogens is 284 g/mol. The van der Waals surface area contributed by atoms with Crippen molar-refractivity contribution in [2.24, 2.45) is 7.05 Å². The van der Waals surface area contributed by atoms with E-state index in [4.69, 9.17) is 11.6 Å². The van der Waals surface area contributed by atoms with E-state index in [1.807, 2.05) is 0 Å². The van der Waals surface area contributed by atoms with Gasteiger partial charge in [0.15, 0.2) is 0 Å². The van der Waals surface area contributed by atoms with Gasteiger partial charge in [-0.3, -0.25) is 14.9 Å². The van der Waals surface area contributed by atoms with E-state index in [1.54, 1.807) is 24.0 Å². The highest BCUT2D eigenvalue weighted by Gasteiger charge is 2.20. The fourth-order valence-corrected chi connectivity index (χ4v) is 1.84. The third-order valence-corrected chi connectivity index (χ3v) is 2.96. The molecule has 0 aliphatic rings. The topological polar surface area (TPSA) is 90.1 Å². The number of hydrogen-bond acceptors (Lipinski definition) is 4. The summed E-state index contributed by atoms with van der Waals surface area (Å²) in [6.07, 6.45) is 3.34. The van der Waals surface area contributed by atoms with Crippen molar-refractivity contribution >= 4 is 23.2 Å². The van der Waals surface area contributed by atoms with Crippen LogP contribution in [0.15, 0.2) is 30.6 Å². The fourth-order valence-electron chi connectivity index (χ4n) is 1.67. The van der Waals surface area contributed by atoms with Crippen molar-refractivity contribution in [1.82, 2.24) is 14.9 Å². The lowest BCUT2D eigenvalue weighted by Crippen LogP contribution is -2.25. The van der Waals surface area contributed by atoms with Crippen molar-refractivity contribution in [3.8, 4) is 0 Å². The predicted molar refractivity (Wildman–Crippen MR) is 72.5 cm³/mol. The summed E-state index contributed by atoms with van der Waals surface area (Å²) < 4.78 is 1.74. The van der Waals surface area contributed by atoms with Gasteiger partial charge in [0.2, 0.25) is 0 Å². The zero-order chi connectivity index (χ0) is 14.7. The van der Waals surface area contributed by atoms with Gasteiger partial charge in [0.05, 0.1) is 11.5 Å². The molecule has 0 radical (unpaired) electrons. The van der Waals surface area contributed by atoms with Crippen molar-refractivity contribution < 1.29 is 9.72 Å². The first-order chi connectivity index (χ1) is 9.49. The molecule has 1 amide bonds. The Hall–Kier alpha value is -2.41. The number of hydrogen-bond donors (Lipinski definition) is 1. The summed E-state index contributed by atoms with van der Waals surface area (Å²) in [5, 5.41) is 13.7. The van der Waals surface area contributed by atoms with Crippen molar-refractivity contribution in [1.29, 1.82) is 0 Å². The van der Waals surface area contributed by atoms with Crippen LogP contribution in [0.3, 0.4) is 0 Å². The Morgan fingerprint density at radius 1 is 1.55 bits per heavy atom. The Morgan fingerprint density at radius 3 is 2.90 bits per heavy atom. The van der Waals surface area contributed by atoms with Crippen LogP contribution in [0.1, 0.15) is 16.2 Å². The number of rotatable bonds is 4. The van der Waals surface area contributed by atoms with Gasteiger partial charge >= 0.3 is 0 Å². The maximum absolute atomic E-state index is 12.0. The molecule has 0 saturated carbocycles. The Labute approximate surface area is 119 Å². The zero-order valence-corrected chi connectivity index (χ0v) is 11.3. The minimum atomic E-state index is -0.619. The molecule has 0 fully saturated rings. The molecule has 1 aromatic heterocycles. The number of carbonyl (C=O) groups is 1. The van der Waals surface area contributed by atoms with Crippen LogP contribution in [-0.2, 0) is 13.6 Å². The lowest BCUT2D eigenvalue weighted by Gasteiger charge is -2.06. The van der Waals surface area contributed by atoms with Gasteiger partial charge in [0.1, 0.15) is 11.4 Å². The van der Waals surface area contributed by atoms with E-state index >= 15 is 0 Å². The number of nitro groups is 1. The standard InChI is InChI=1S/C12H11ClN4O3/c1-16-5-4-14-11(16)7-15-12(18)9-6-8(13)2-3-10(9)17(19)20/h2-6H,7H2,1H3,(H,15,18). The number of nitro benzene ring substituents is 1. The number of aromatic nitrogens is 2. The molecular formula is C12H11ClN4O3. The summed E-state index contributed by atoms with van der Waals surface area (Å²) in [5.41, 5.74) is -0.358. The number of carbonyl (C=O) groups excluding carboxylic acids is 1. The highest BCUT2D eigenvalue weighted by atomic mass is 35.5. The third-order valence-electron chi connectivity index (χ3n) is 2.73. The van der Waals surface area contributed by atoms with Gasteiger partial charge in [0.25, 0.3) is 11.6 Å². The SMILES string of the molecule is Cn1ccnc1CNC(=O)c1cc(Cl)ccc1[N+](=O)[O-]. The summed E-state index contributed by atoms with van der Waals surface area (Å²) >= 11 is 5.77. The Kier molecular flexibility index (Phi) is 3.99. The number of imidazole rings is 1. The van der Waals surface area contributed by atoms with Crippen LogP contribution in [0.25, 0.3) is 0 Å². The van der Waals surface area contributed by atoms with Crippen molar-refractivity contribution in [3.05, 3.63) is 57.1 Å². The summed E-state index contributed by atoms with van der Waals surface area (Å²) in [6, 6.07) is 3.85.